The van der Waals surface area contributed by atoms with Gasteiger partial charge in [0.25, 0.3) is 0 Å². The van der Waals surface area contributed by atoms with Crippen molar-refractivity contribution in [2.24, 2.45) is 7.05 Å². The Morgan fingerprint density at radius 2 is 2.27 bits per heavy atom. The van der Waals surface area contributed by atoms with E-state index in [1.165, 1.54) is 31.4 Å². The first-order valence-corrected chi connectivity index (χ1v) is 4.29. The van der Waals surface area contributed by atoms with Gasteiger partial charge in [0.05, 0.1) is 6.33 Å². The van der Waals surface area contributed by atoms with Crippen molar-refractivity contribution in [1.82, 2.24) is 9.55 Å². The molecule has 62 valence electrons. The van der Waals surface area contributed by atoms with E-state index in [0.717, 1.165) is 0 Å². The lowest BCUT2D eigenvalue weighted by Crippen LogP contribution is -1.94. The number of hydrogen-bond donors (Lipinski definition) is 0. The number of rotatable bonds is 4. The summed E-state index contributed by atoms with van der Waals surface area (Å²) in [5, 5.41) is 0. The van der Waals surface area contributed by atoms with E-state index in [2.05, 4.69) is 16.5 Å². The molecule has 0 radical (unpaired) electrons. The van der Waals surface area contributed by atoms with Gasteiger partial charge in [0.1, 0.15) is 0 Å². The van der Waals surface area contributed by atoms with Crippen LogP contribution in [0.25, 0.3) is 0 Å². The summed E-state index contributed by atoms with van der Waals surface area (Å²) in [7, 11) is 2.05. The number of aromatic nitrogens is 2. The van der Waals surface area contributed by atoms with E-state index < -0.39 is 0 Å². The second-order valence-electron chi connectivity index (χ2n) is 2.95. The van der Waals surface area contributed by atoms with Gasteiger partial charge in [-0.25, -0.2) is 4.98 Å². The minimum atomic E-state index is 1.17. The smallest absolute Gasteiger partial charge is 0.0945 e. The zero-order valence-electron chi connectivity index (χ0n) is 7.38. The molecule has 0 bridgehead atoms. The zero-order chi connectivity index (χ0) is 8.10. The number of aryl methyl sites for hydroxylation is 2. The van der Waals surface area contributed by atoms with Gasteiger partial charge >= 0.3 is 0 Å². The number of nitrogens with zero attached hydrogens (tertiary/aromatic N) is 2. The van der Waals surface area contributed by atoms with Crippen LogP contribution >= 0.6 is 0 Å². The van der Waals surface area contributed by atoms with Gasteiger partial charge in [0.2, 0.25) is 0 Å². The molecule has 0 N–H and O–H groups in total. The molecule has 1 heterocycles. The fourth-order valence-electron chi connectivity index (χ4n) is 1.18. The maximum Gasteiger partial charge on any atom is 0.0945 e. The molecule has 0 aromatic carbocycles. The Kier molecular flexibility index (Phi) is 3.14. The largest absolute Gasteiger partial charge is 0.338 e. The van der Waals surface area contributed by atoms with E-state index in [9.17, 15) is 0 Å². The lowest BCUT2D eigenvalue weighted by atomic mass is 10.2. The van der Waals surface area contributed by atoms with Crippen LogP contribution in [0, 0.1) is 0 Å². The van der Waals surface area contributed by atoms with E-state index in [1.807, 2.05) is 19.6 Å². The molecule has 0 spiro atoms. The van der Waals surface area contributed by atoms with Crippen LogP contribution < -0.4 is 0 Å². The van der Waals surface area contributed by atoms with E-state index in [4.69, 9.17) is 0 Å². The Bertz CT molecular complexity index is 203. The minimum absolute atomic E-state index is 1.17. The van der Waals surface area contributed by atoms with Crippen LogP contribution in [0.1, 0.15) is 31.9 Å². The standard InChI is InChI=1S/C9H16N2/c1-3-4-5-6-9-7-10-8-11(9)2/h7-8H,3-6H2,1-2H3. The summed E-state index contributed by atoms with van der Waals surface area (Å²) >= 11 is 0. The Morgan fingerprint density at radius 3 is 2.82 bits per heavy atom. The van der Waals surface area contributed by atoms with Gasteiger partial charge in [-0.15, -0.1) is 0 Å². The lowest BCUT2D eigenvalue weighted by Gasteiger charge is -1.99. The van der Waals surface area contributed by atoms with Crippen molar-refractivity contribution < 1.29 is 0 Å². The van der Waals surface area contributed by atoms with Crippen LogP contribution in [0.2, 0.25) is 0 Å². The molecule has 0 aliphatic carbocycles. The van der Waals surface area contributed by atoms with Crippen molar-refractivity contribution in [2.75, 3.05) is 0 Å². The first kappa shape index (κ1) is 8.31. The minimum Gasteiger partial charge on any atom is -0.338 e. The van der Waals surface area contributed by atoms with Crippen molar-refractivity contribution in [3.8, 4) is 0 Å². The molecule has 0 saturated heterocycles. The Morgan fingerprint density at radius 1 is 1.45 bits per heavy atom. The molecule has 0 saturated carbocycles. The van der Waals surface area contributed by atoms with E-state index in [0.29, 0.717) is 0 Å². The molecule has 1 rings (SSSR count). The van der Waals surface area contributed by atoms with Gasteiger partial charge in [-0.2, -0.15) is 0 Å². The quantitative estimate of drug-likeness (QED) is 0.604. The Balaban J connectivity index is 2.32. The summed E-state index contributed by atoms with van der Waals surface area (Å²) in [6.45, 7) is 2.23. The number of imidazole rings is 1. The van der Waals surface area contributed by atoms with Crippen LogP contribution in [-0.2, 0) is 13.5 Å². The lowest BCUT2D eigenvalue weighted by molar-refractivity contribution is 0.686. The summed E-state index contributed by atoms with van der Waals surface area (Å²) in [6, 6.07) is 0. The molecular weight excluding hydrogens is 136 g/mol. The first-order valence-electron chi connectivity index (χ1n) is 4.29. The molecule has 2 heteroatoms. The van der Waals surface area contributed by atoms with Crippen LogP contribution in [0.15, 0.2) is 12.5 Å². The third-order valence-electron chi connectivity index (χ3n) is 1.95. The fourth-order valence-corrected chi connectivity index (χ4v) is 1.18. The van der Waals surface area contributed by atoms with E-state index in [-0.39, 0.29) is 0 Å². The molecule has 11 heavy (non-hydrogen) atoms. The summed E-state index contributed by atoms with van der Waals surface area (Å²) in [6.07, 6.45) is 8.89. The highest BCUT2D eigenvalue weighted by atomic mass is 15.0. The Hall–Kier alpha value is -0.790. The number of hydrogen-bond acceptors (Lipinski definition) is 1. The first-order chi connectivity index (χ1) is 5.34. The van der Waals surface area contributed by atoms with Crippen molar-refractivity contribution in [2.45, 2.75) is 32.6 Å². The molecule has 0 atom stereocenters. The SMILES string of the molecule is CCCCCc1cncn1C. The average Bonchev–Trinajstić information content (AvgIpc) is 2.37. The van der Waals surface area contributed by atoms with Crippen molar-refractivity contribution in [3.05, 3.63) is 18.2 Å². The predicted octanol–water partition coefficient (Wildman–Crippen LogP) is 2.15. The molecule has 2 nitrogen and oxygen atoms in total. The molecule has 1 aromatic heterocycles. The molecule has 0 unspecified atom stereocenters. The third-order valence-corrected chi connectivity index (χ3v) is 1.95. The second kappa shape index (κ2) is 4.16. The second-order valence-corrected chi connectivity index (χ2v) is 2.95. The highest BCUT2D eigenvalue weighted by Gasteiger charge is 1.95. The summed E-state index contributed by atoms with van der Waals surface area (Å²) in [5.74, 6) is 0. The average molecular weight is 152 g/mol. The molecule has 1 aromatic rings. The molecule has 0 aliphatic rings. The van der Waals surface area contributed by atoms with Crippen molar-refractivity contribution in [1.29, 1.82) is 0 Å². The number of unbranched alkanes of at least 4 members (excludes halogenated alkanes) is 2. The summed E-state index contributed by atoms with van der Waals surface area (Å²) in [4.78, 5) is 4.06. The van der Waals surface area contributed by atoms with Crippen LogP contribution in [0.5, 0.6) is 0 Å². The van der Waals surface area contributed by atoms with Crippen molar-refractivity contribution >= 4 is 0 Å². The zero-order valence-corrected chi connectivity index (χ0v) is 7.38. The van der Waals surface area contributed by atoms with E-state index in [1.54, 1.807) is 0 Å². The monoisotopic (exact) mass is 152 g/mol. The molecule has 0 fully saturated rings. The van der Waals surface area contributed by atoms with Gasteiger partial charge in [0.15, 0.2) is 0 Å². The topological polar surface area (TPSA) is 17.8 Å². The van der Waals surface area contributed by atoms with Gasteiger partial charge in [-0.1, -0.05) is 19.8 Å². The Labute approximate surface area is 68.3 Å². The molecule has 0 amide bonds. The maximum atomic E-state index is 4.06. The third kappa shape index (κ3) is 2.37. The van der Waals surface area contributed by atoms with Crippen LogP contribution in [0.4, 0.5) is 0 Å². The summed E-state index contributed by atoms with van der Waals surface area (Å²) in [5.41, 5.74) is 1.35. The fraction of sp³-hybridized carbons (Fsp3) is 0.667. The van der Waals surface area contributed by atoms with Crippen LogP contribution in [0.3, 0.4) is 0 Å². The van der Waals surface area contributed by atoms with Gasteiger partial charge in [0, 0.05) is 18.9 Å². The van der Waals surface area contributed by atoms with Gasteiger partial charge < -0.3 is 4.57 Å². The van der Waals surface area contributed by atoms with Gasteiger partial charge in [-0.3, -0.25) is 0 Å². The normalized spacial score (nSPS) is 10.4. The van der Waals surface area contributed by atoms with Crippen molar-refractivity contribution in [3.63, 3.8) is 0 Å². The summed E-state index contributed by atoms with van der Waals surface area (Å²) < 4.78 is 2.09. The predicted molar refractivity (Wildman–Crippen MR) is 46.4 cm³/mol. The maximum absolute atomic E-state index is 4.06. The highest BCUT2D eigenvalue weighted by molar-refractivity contribution is 4.97. The highest BCUT2D eigenvalue weighted by Crippen LogP contribution is 2.04. The van der Waals surface area contributed by atoms with Crippen LogP contribution in [-0.4, -0.2) is 9.55 Å². The molecular formula is C9H16N2. The molecule has 0 aliphatic heterocycles. The van der Waals surface area contributed by atoms with E-state index >= 15 is 0 Å². The van der Waals surface area contributed by atoms with Gasteiger partial charge in [-0.05, 0) is 12.8 Å².